The molecule has 2 atom stereocenters. The van der Waals surface area contributed by atoms with Gasteiger partial charge in [-0.2, -0.15) is 0 Å². The number of likely N-dealkylation sites (N-methyl/N-ethyl adjacent to an activating group) is 1. The van der Waals surface area contributed by atoms with E-state index in [1.165, 1.54) is 12.1 Å². The van der Waals surface area contributed by atoms with Gasteiger partial charge in [-0.3, -0.25) is 9.89 Å². The number of ether oxygens (including phenoxy) is 1. The van der Waals surface area contributed by atoms with E-state index in [1.807, 2.05) is 6.92 Å². The van der Waals surface area contributed by atoms with Gasteiger partial charge in [0.25, 0.3) is 0 Å². The molecular weight excluding hydrogens is 472 g/mol. The molecule has 0 aromatic heterocycles. The van der Waals surface area contributed by atoms with Crippen LogP contribution in [0.1, 0.15) is 20.8 Å². The van der Waals surface area contributed by atoms with Crippen molar-refractivity contribution < 1.29 is 9.13 Å². The van der Waals surface area contributed by atoms with Crippen molar-refractivity contribution in [2.75, 3.05) is 52.9 Å². The molecular formula is C20H35FIN5O. The van der Waals surface area contributed by atoms with Gasteiger partial charge in [-0.1, -0.05) is 0 Å². The monoisotopic (exact) mass is 507 g/mol. The number of piperazine rings is 1. The Balaban J connectivity index is 0.00000392. The van der Waals surface area contributed by atoms with Crippen LogP contribution in [0, 0.1) is 5.82 Å². The van der Waals surface area contributed by atoms with Crippen LogP contribution in [0.2, 0.25) is 0 Å². The summed E-state index contributed by atoms with van der Waals surface area (Å²) in [6.07, 6.45) is -0.0608. The lowest BCUT2D eigenvalue weighted by molar-refractivity contribution is 0.122. The fraction of sp³-hybridized carbons (Fsp3) is 0.650. The van der Waals surface area contributed by atoms with Gasteiger partial charge < -0.3 is 20.3 Å². The zero-order chi connectivity index (χ0) is 19.6. The number of guanidine groups is 1. The first kappa shape index (κ1) is 24.9. The van der Waals surface area contributed by atoms with Gasteiger partial charge in [-0.15, -0.1) is 24.0 Å². The number of hydrogen-bond donors (Lipinski definition) is 2. The third kappa shape index (κ3) is 8.91. The van der Waals surface area contributed by atoms with Crippen LogP contribution in [-0.2, 0) is 0 Å². The molecule has 1 heterocycles. The minimum atomic E-state index is -0.260. The summed E-state index contributed by atoms with van der Waals surface area (Å²) in [4.78, 5) is 9.59. The van der Waals surface area contributed by atoms with Crippen molar-refractivity contribution >= 4 is 29.9 Å². The van der Waals surface area contributed by atoms with Crippen LogP contribution in [-0.4, -0.2) is 80.8 Å². The standard InChI is InChI=1S/C20H34FN5O.HI/c1-5-22-20(23-14-16(2)26-12-10-25(4)11-13-26)24-15-17(3)27-19-8-6-18(21)7-9-19;/h6-9,16-17H,5,10-15H2,1-4H3,(H2,22,23,24);1H. The van der Waals surface area contributed by atoms with E-state index in [9.17, 15) is 4.39 Å². The summed E-state index contributed by atoms with van der Waals surface area (Å²) >= 11 is 0. The van der Waals surface area contributed by atoms with Gasteiger partial charge in [0, 0.05) is 38.8 Å². The number of hydrogen-bond acceptors (Lipinski definition) is 4. The third-order valence-corrected chi connectivity index (χ3v) is 4.73. The van der Waals surface area contributed by atoms with E-state index in [0.717, 1.165) is 45.2 Å². The highest BCUT2D eigenvalue weighted by atomic mass is 127. The molecule has 8 heteroatoms. The number of nitrogens with zero attached hydrogens (tertiary/aromatic N) is 3. The first-order chi connectivity index (χ1) is 13.0. The minimum absolute atomic E-state index is 0. The van der Waals surface area contributed by atoms with E-state index < -0.39 is 0 Å². The molecule has 6 nitrogen and oxygen atoms in total. The quantitative estimate of drug-likeness (QED) is 0.322. The predicted molar refractivity (Wildman–Crippen MR) is 124 cm³/mol. The highest BCUT2D eigenvalue weighted by Gasteiger charge is 2.18. The molecule has 0 saturated carbocycles. The molecule has 2 unspecified atom stereocenters. The molecule has 0 aliphatic carbocycles. The molecule has 0 bridgehead atoms. The topological polar surface area (TPSA) is 52.1 Å². The Kier molecular flexibility index (Phi) is 11.7. The largest absolute Gasteiger partial charge is 0.489 e. The van der Waals surface area contributed by atoms with Crippen LogP contribution in [0.15, 0.2) is 29.3 Å². The summed E-state index contributed by atoms with van der Waals surface area (Å²) in [6, 6.07) is 6.51. The van der Waals surface area contributed by atoms with Crippen molar-refractivity contribution in [2.45, 2.75) is 32.9 Å². The van der Waals surface area contributed by atoms with E-state index in [1.54, 1.807) is 12.1 Å². The normalized spacial score (nSPS) is 18.1. The van der Waals surface area contributed by atoms with E-state index in [2.05, 4.69) is 41.3 Å². The molecule has 1 aromatic rings. The lowest BCUT2D eigenvalue weighted by Crippen LogP contribution is -2.49. The number of aliphatic imine (C=N–C) groups is 1. The summed E-state index contributed by atoms with van der Waals surface area (Å²) in [5.74, 6) is 1.20. The van der Waals surface area contributed by atoms with Gasteiger partial charge in [0.1, 0.15) is 17.7 Å². The summed E-state index contributed by atoms with van der Waals surface area (Å²) in [6.45, 7) is 12.9. The molecule has 2 N–H and O–H groups in total. The summed E-state index contributed by atoms with van der Waals surface area (Å²) in [5, 5.41) is 6.61. The van der Waals surface area contributed by atoms with E-state index in [-0.39, 0.29) is 35.9 Å². The SMILES string of the molecule is CCNC(=NCC(C)N1CCN(C)CC1)NCC(C)Oc1ccc(F)cc1.I. The molecule has 160 valence electrons. The fourth-order valence-electron chi connectivity index (χ4n) is 2.97. The average molecular weight is 507 g/mol. The first-order valence-corrected chi connectivity index (χ1v) is 9.85. The van der Waals surface area contributed by atoms with Crippen molar-refractivity contribution in [1.82, 2.24) is 20.4 Å². The van der Waals surface area contributed by atoms with Crippen LogP contribution < -0.4 is 15.4 Å². The molecule has 1 aromatic carbocycles. The summed E-state index contributed by atoms with van der Waals surface area (Å²) < 4.78 is 18.8. The Morgan fingerprint density at radius 2 is 1.79 bits per heavy atom. The van der Waals surface area contributed by atoms with E-state index in [0.29, 0.717) is 18.3 Å². The number of nitrogens with one attached hydrogen (secondary N) is 2. The Bertz CT molecular complexity index is 578. The molecule has 28 heavy (non-hydrogen) atoms. The minimum Gasteiger partial charge on any atom is -0.489 e. The first-order valence-electron chi connectivity index (χ1n) is 9.85. The van der Waals surface area contributed by atoms with Gasteiger partial charge in [-0.05, 0) is 52.1 Å². The Hall–Kier alpha value is -1.13. The van der Waals surface area contributed by atoms with Crippen LogP contribution >= 0.6 is 24.0 Å². The average Bonchev–Trinajstić information content (AvgIpc) is 2.66. The van der Waals surface area contributed by atoms with E-state index >= 15 is 0 Å². The molecule has 0 spiro atoms. The second-order valence-corrected chi connectivity index (χ2v) is 7.17. The summed E-state index contributed by atoms with van der Waals surface area (Å²) in [5.41, 5.74) is 0. The van der Waals surface area contributed by atoms with Gasteiger partial charge in [0.05, 0.1) is 13.1 Å². The highest BCUT2D eigenvalue weighted by Crippen LogP contribution is 2.12. The van der Waals surface area contributed by atoms with Crippen molar-refractivity contribution in [3.63, 3.8) is 0 Å². The zero-order valence-corrected chi connectivity index (χ0v) is 19.8. The molecule has 2 rings (SSSR count). The maximum absolute atomic E-state index is 13.0. The molecule has 1 aliphatic heterocycles. The lowest BCUT2D eigenvalue weighted by Gasteiger charge is -2.35. The summed E-state index contributed by atoms with van der Waals surface area (Å²) in [7, 11) is 2.17. The second-order valence-electron chi connectivity index (χ2n) is 7.17. The zero-order valence-electron chi connectivity index (χ0n) is 17.4. The van der Waals surface area contributed by atoms with Crippen LogP contribution in [0.5, 0.6) is 5.75 Å². The number of benzene rings is 1. The van der Waals surface area contributed by atoms with Crippen molar-refractivity contribution in [3.05, 3.63) is 30.1 Å². The van der Waals surface area contributed by atoms with Gasteiger partial charge in [0.15, 0.2) is 5.96 Å². The Morgan fingerprint density at radius 1 is 1.14 bits per heavy atom. The van der Waals surface area contributed by atoms with Gasteiger partial charge in [-0.25, -0.2) is 4.39 Å². The molecule has 0 amide bonds. The predicted octanol–water partition coefficient (Wildman–Crippen LogP) is 2.40. The maximum Gasteiger partial charge on any atom is 0.191 e. The molecule has 1 fully saturated rings. The van der Waals surface area contributed by atoms with Crippen LogP contribution in [0.25, 0.3) is 0 Å². The molecule has 1 saturated heterocycles. The van der Waals surface area contributed by atoms with Crippen molar-refractivity contribution in [3.8, 4) is 5.75 Å². The lowest BCUT2D eigenvalue weighted by atomic mass is 10.2. The Morgan fingerprint density at radius 3 is 2.39 bits per heavy atom. The number of rotatable bonds is 8. The van der Waals surface area contributed by atoms with Gasteiger partial charge in [0.2, 0.25) is 0 Å². The van der Waals surface area contributed by atoms with Crippen LogP contribution in [0.3, 0.4) is 0 Å². The fourth-order valence-corrected chi connectivity index (χ4v) is 2.97. The molecule has 1 aliphatic rings. The number of halogens is 2. The maximum atomic E-state index is 13.0. The van der Waals surface area contributed by atoms with Crippen molar-refractivity contribution in [2.24, 2.45) is 4.99 Å². The van der Waals surface area contributed by atoms with Crippen molar-refractivity contribution in [1.29, 1.82) is 0 Å². The van der Waals surface area contributed by atoms with Crippen LogP contribution in [0.4, 0.5) is 4.39 Å². The van der Waals surface area contributed by atoms with E-state index in [4.69, 9.17) is 9.73 Å². The Labute approximate surface area is 185 Å². The smallest absolute Gasteiger partial charge is 0.191 e. The van der Waals surface area contributed by atoms with Gasteiger partial charge >= 0.3 is 0 Å². The third-order valence-electron chi connectivity index (χ3n) is 4.73. The molecule has 0 radical (unpaired) electrons. The highest BCUT2D eigenvalue weighted by molar-refractivity contribution is 14.0. The second kappa shape index (κ2) is 13.2.